The van der Waals surface area contributed by atoms with Crippen LogP contribution in [-0.2, 0) is 40.5 Å². The van der Waals surface area contributed by atoms with E-state index in [1.165, 1.54) is 12.1 Å². The van der Waals surface area contributed by atoms with Gasteiger partial charge in [0.05, 0.1) is 40.2 Å². The first kappa shape index (κ1) is 52.5. The van der Waals surface area contributed by atoms with E-state index < -0.39 is 93.2 Å². The molecule has 1 atom stereocenters. The van der Waals surface area contributed by atoms with E-state index in [1.807, 2.05) is 0 Å². The van der Waals surface area contributed by atoms with E-state index in [2.05, 4.69) is 5.32 Å². The van der Waals surface area contributed by atoms with E-state index in [4.69, 9.17) is 13.8 Å². The molecule has 0 radical (unpaired) electrons. The Bertz CT molecular complexity index is 3050. The smallest absolute Gasteiger partial charge is 0.363 e. The lowest BCUT2D eigenvalue weighted by Gasteiger charge is -2.21. The van der Waals surface area contributed by atoms with Gasteiger partial charge in [-0.25, -0.2) is 14.2 Å². The lowest BCUT2D eigenvalue weighted by atomic mass is 9.88. The van der Waals surface area contributed by atoms with Crippen molar-refractivity contribution in [3.63, 3.8) is 0 Å². The second kappa shape index (κ2) is 22.1. The van der Waals surface area contributed by atoms with E-state index >= 15 is 0 Å². The molecule has 22 nitrogen and oxygen atoms in total. The molecule has 0 bridgehead atoms. The van der Waals surface area contributed by atoms with Gasteiger partial charge in [0, 0.05) is 53.6 Å². The SMILES string of the molecule is O=C(On1c(O)ccc1O)c1ccc(C(=O)O)c(-c2c3ccc(=[N+](CCCCS(=O)(=O)O)CCCCS(=O)(=O)O)cc-3oc3cc(C(CCCS(=O)(=O)O)NCCCCS(=O)(=O)O)ccc23)c1. The van der Waals surface area contributed by atoms with Crippen LogP contribution in [0.2, 0.25) is 0 Å². The lowest BCUT2D eigenvalue weighted by Crippen LogP contribution is -2.32. The summed E-state index contributed by atoms with van der Waals surface area (Å²) in [5.41, 5.74) is 0.718. The molecule has 1 aromatic heterocycles. The number of benzene rings is 3. The molecule has 5 rings (SSSR count). The predicted molar refractivity (Wildman–Crippen MR) is 242 cm³/mol. The Hall–Kier alpha value is -5.45. The summed E-state index contributed by atoms with van der Waals surface area (Å²) < 4.78 is 138. The Morgan fingerprint density at radius 1 is 0.657 bits per heavy atom. The Balaban J connectivity index is 1.73. The fourth-order valence-electron chi connectivity index (χ4n) is 7.38. The number of carbonyl (C=O) groups is 2. The fourth-order valence-corrected chi connectivity index (χ4v) is 9.62. The van der Waals surface area contributed by atoms with Crippen molar-refractivity contribution in [3.05, 3.63) is 88.8 Å². The number of carboxylic acid groups (broad SMARTS) is 1. The fraction of sp³-hybridized carbons (Fsp3) is 0.390. The quantitative estimate of drug-likeness (QED) is 0.0180. The number of aromatic hydroxyl groups is 2. The van der Waals surface area contributed by atoms with E-state index in [0.29, 0.717) is 26.6 Å². The summed E-state index contributed by atoms with van der Waals surface area (Å²) in [6.07, 6.45) is 1.14. The minimum Gasteiger partial charge on any atom is -0.492 e. The monoisotopic (exact) mass is 1020 g/mol. The van der Waals surface area contributed by atoms with Crippen molar-refractivity contribution < 1.29 is 86.0 Å². The number of unbranched alkanes of at least 4 members (excludes halogenated alkanes) is 3. The maximum atomic E-state index is 13.5. The number of aromatic nitrogens is 1. The van der Waals surface area contributed by atoms with Crippen LogP contribution in [0, 0.1) is 0 Å². The summed E-state index contributed by atoms with van der Waals surface area (Å²) in [6, 6.07) is 14.8. The Morgan fingerprint density at radius 3 is 1.79 bits per heavy atom. The van der Waals surface area contributed by atoms with Gasteiger partial charge in [-0.2, -0.15) is 33.7 Å². The summed E-state index contributed by atoms with van der Waals surface area (Å²) in [7, 11) is -17.1. The van der Waals surface area contributed by atoms with Crippen molar-refractivity contribution in [1.82, 2.24) is 14.6 Å². The molecule has 0 amide bonds. The predicted octanol–water partition coefficient (Wildman–Crippen LogP) is 3.46. The average Bonchev–Trinajstić information content (AvgIpc) is 3.54. The van der Waals surface area contributed by atoms with Gasteiger partial charge < -0.3 is 29.9 Å². The van der Waals surface area contributed by atoms with Gasteiger partial charge in [-0.15, -0.1) is 4.73 Å². The Morgan fingerprint density at radius 2 is 1.22 bits per heavy atom. The summed E-state index contributed by atoms with van der Waals surface area (Å²) in [4.78, 5) is 31.5. The number of hydrogen-bond donors (Lipinski definition) is 8. The molecule has 8 N–H and O–H groups in total. The highest BCUT2D eigenvalue weighted by atomic mass is 32.2. The summed E-state index contributed by atoms with van der Waals surface area (Å²) >= 11 is 0. The van der Waals surface area contributed by atoms with Crippen molar-refractivity contribution in [2.24, 2.45) is 0 Å². The zero-order valence-electron chi connectivity index (χ0n) is 35.6. The van der Waals surface area contributed by atoms with Crippen LogP contribution in [0.1, 0.15) is 83.7 Å². The molecule has 366 valence electrons. The molecule has 2 aromatic carbocycles. The van der Waals surface area contributed by atoms with Gasteiger partial charge in [-0.3, -0.25) is 18.2 Å². The molecule has 67 heavy (non-hydrogen) atoms. The van der Waals surface area contributed by atoms with Gasteiger partial charge in [0.1, 0.15) is 24.4 Å². The van der Waals surface area contributed by atoms with E-state index in [0.717, 1.165) is 18.2 Å². The molecule has 1 aliphatic carbocycles. The highest BCUT2D eigenvalue weighted by Crippen LogP contribution is 2.42. The third kappa shape index (κ3) is 15.8. The standard InChI is InChI=1S/C41H49N3O19S4/c45-37-15-16-38(46)44(37)63-41(49)28-10-12-30(40(47)48)33(24-28)39-31-13-9-27(34(8-7-23-67(59,60)61)42-17-1-4-20-64(50,51)52)25-35(31)62-36-26-29(11-14-32(36)39)43(18-2-5-21-65(53,54)55)19-3-6-22-66(56,57)58/h9-16,24-26,34,42H,1-8,17-23H2,(H6-,45,46,47,48,50,51,52,53,54,55,56,57,58,59,60,61)/p+1. The molecule has 2 heterocycles. The molecule has 0 fully saturated rings. The number of aromatic carboxylic acids is 1. The number of nitrogens with one attached hydrogen (secondary N) is 1. The summed E-state index contributed by atoms with van der Waals surface area (Å²) in [5.74, 6) is -5.69. The summed E-state index contributed by atoms with van der Waals surface area (Å²) in [6.45, 7) is 0.623. The number of rotatable bonds is 25. The molecule has 1 unspecified atom stereocenters. The van der Waals surface area contributed by atoms with E-state index in [1.54, 1.807) is 41.0 Å². The van der Waals surface area contributed by atoms with Crippen molar-refractivity contribution >= 4 is 63.4 Å². The first-order valence-corrected chi connectivity index (χ1v) is 27.0. The minimum absolute atomic E-state index is 0.0110. The van der Waals surface area contributed by atoms with Gasteiger partial charge in [0.25, 0.3) is 40.5 Å². The van der Waals surface area contributed by atoms with Crippen molar-refractivity contribution in [2.75, 3.05) is 42.6 Å². The Labute approximate surface area is 385 Å². The van der Waals surface area contributed by atoms with Crippen LogP contribution in [0.5, 0.6) is 11.8 Å². The van der Waals surface area contributed by atoms with Gasteiger partial charge in [0.2, 0.25) is 17.1 Å². The number of carboxylic acids is 1. The van der Waals surface area contributed by atoms with Crippen LogP contribution in [0.4, 0.5) is 0 Å². The van der Waals surface area contributed by atoms with Crippen LogP contribution < -0.4 is 20.1 Å². The zero-order chi connectivity index (χ0) is 49.3. The van der Waals surface area contributed by atoms with Crippen LogP contribution in [0.3, 0.4) is 0 Å². The lowest BCUT2D eigenvalue weighted by molar-refractivity contribution is 0.0381. The van der Waals surface area contributed by atoms with Crippen molar-refractivity contribution in [3.8, 4) is 34.2 Å². The third-order valence-electron chi connectivity index (χ3n) is 10.5. The van der Waals surface area contributed by atoms with Crippen LogP contribution in [0.25, 0.3) is 33.4 Å². The van der Waals surface area contributed by atoms with Crippen molar-refractivity contribution in [1.29, 1.82) is 0 Å². The first-order chi connectivity index (χ1) is 31.3. The van der Waals surface area contributed by atoms with E-state index in [9.17, 15) is 72.2 Å². The first-order valence-electron chi connectivity index (χ1n) is 20.6. The van der Waals surface area contributed by atoms with Gasteiger partial charge in [0.15, 0.2) is 0 Å². The van der Waals surface area contributed by atoms with E-state index in [-0.39, 0.29) is 105 Å². The van der Waals surface area contributed by atoms with Gasteiger partial charge >= 0.3 is 11.9 Å². The second-order valence-electron chi connectivity index (χ2n) is 15.6. The molecule has 26 heteroatoms. The van der Waals surface area contributed by atoms with Crippen LogP contribution in [0.15, 0.2) is 71.1 Å². The molecule has 2 aliphatic rings. The topological polar surface area (TPSA) is 355 Å². The molecule has 3 aromatic rings. The second-order valence-corrected chi connectivity index (χ2v) is 21.9. The maximum absolute atomic E-state index is 13.5. The normalized spacial score (nSPS) is 13.0. The van der Waals surface area contributed by atoms with Gasteiger partial charge in [-0.05, 0) is 86.5 Å². The molecule has 0 spiro atoms. The van der Waals surface area contributed by atoms with Crippen molar-refractivity contribution in [2.45, 2.75) is 57.4 Å². The van der Waals surface area contributed by atoms with Gasteiger partial charge in [-0.1, -0.05) is 12.1 Å². The maximum Gasteiger partial charge on any atom is 0.363 e. The molecule has 1 aliphatic heterocycles. The zero-order valence-corrected chi connectivity index (χ0v) is 38.9. The highest BCUT2D eigenvalue weighted by Gasteiger charge is 2.26. The number of nitrogens with zero attached hydrogens (tertiary/aromatic N) is 2. The molecule has 0 saturated heterocycles. The highest BCUT2D eigenvalue weighted by molar-refractivity contribution is 7.86. The molecule has 0 saturated carbocycles. The largest absolute Gasteiger partial charge is 0.492 e. The summed E-state index contributed by atoms with van der Waals surface area (Å²) in [5, 5.41) is 34.7. The Kier molecular flexibility index (Phi) is 17.3. The van der Waals surface area contributed by atoms with Crippen LogP contribution >= 0.6 is 0 Å². The molecular weight excluding hydrogens is 967 g/mol. The molecular formula is C41H50N3O19S4+. The third-order valence-corrected chi connectivity index (χ3v) is 13.7. The average molecular weight is 1020 g/mol. The number of hydrogen-bond acceptors (Lipinski definition) is 15. The minimum atomic E-state index is -4.35. The number of carbonyl (C=O) groups excluding carboxylic acids is 1. The van der Waals surface area contributed by atoms with Crippen LogP contribution in [-0.4, -0.2) is 127 Å². The number of fused-ring (bicyclic) bond motifs is 2.